The Morgan fingerprint density at radius 3 is 2.72 bits per heavy atom. The van der Waals surface area contributed by atoms with E-state index in [9.17, 15) is 9.50 Å². The molecule has 0 amide bonds. The Morgan fingerprint density at radius 2 is 2.11 bits per heavy atom. The molecule has 0 bridgehead atoms. The van der Waals surface area contributed by atoms with Crippen LogP contribution in [0.1, 0.15) is 36.3 Å². The largest absolute Gasteiger partial charge is 0.396 e. The van der Waals surface area contributed by atoms with Gasteiger partial charge in [0.15, 0.2) is 0 Å². The zero-order chi connectivity index (χ0) is 13.0. The summed E-state index contributed by atoms with van der Waals surface area (Å²) in [5.41, 5.74) is 1.87. The molecule has 3 heteroatoms. The summed E-state index contributed by atoms with van der Waals surface area (Å²) < 4.78 is 13.3. The lowest BCUT2D eigenvalue weighted by molar-refractivity contribution is 0.233. The quantitative estimate of drug-likeness (QED) is 0.862. The van der Waals surface area contributed by atoms with Crippen LogP contribution in [-0.4, -0.2) is 24.8 Å². The van der Waals surface area contributed by atoms with Gasteiger partial charge in [0.25, 0.3) is 0 Å². The highest BCUT2D eigenvalue weighted by Crippen LogP contribution is 2.34. The first-order chi connectivity index (χ1) is 8.72. The fraction of sp³-hybridized carbons (Fsp3) is 0.600. The van der Waals surface area contributed by atoms with E-state index in [-0.39, 0.29) is 12.4 Å². The summed E-state index contributed by atoms with van der Waals surface area (Å²) in [6.45, 7) is 4.10. The van der Waals surface area contributed by atoms with Crippen LogP contribution in [0.3, 0.4) is 0 Å². The van der Waals surface area contributed by atoms with E-state index in [2.05, 4.69) is 5.32 Å². The van der Waals surface area contributed by atoms with Crippen molar-refractivity contribution in [1.82, 2.24) is 5.32 Å². The minimum absolute atomic E-state index is 0.146. The van der Waals surface area contributed by atoms with E-state index in [4.69, 9.17) is 0 Å². The normalized spacial score (nSPS) is 18.8. The SMILES string of the molecule is Cc1cc(C(CCO)C2CCNCC2)ccc1F. The monoisotopic (exact) mass is 251 g/mol. The summed E-state index contributed by atoms with van der Waals surface area (Å²) in [6, 6.07) is 5.37. The second kappa shape index (κ2) is 6.30. The second-order valence-electron chi connectivity index (χ2n) is 5.21. The molecule has 0 saturated carbocycles. The van der Waals surface area contributed by atoms with Gasteiger partial charge >= 0.3 is 0 Å². The molecule has 1 heterocycles. The minimum Gasteiger partial charge on any atom is -0.396 e. The van der Waals surface area contributed by atoms with Crippen LogP contribution in [-0.2, 0) is 0 Å². The number of aliphatic hydroxyl groups excluding tert-OH is 1. The third kappa shape index (κ3) is 3.09. The molecular formula is C15H22FNO. The number of aryl methyl sites for hydroxylation is 1. The van der Waals surface area contributed by atoms with Gasteiger partial charge in [-0.15, -0.1) is 0 Å². The van der Waals surface area contributed by atoms with Gasteiger partial charge in [0.1, 0.15) is 5.82 Å². The summed E-state index contributed by atoms with van der Waals surface area (Å²) in [4.78, 5) is 0. The summed E-state index contributed by atoms with van der Waals surface area (Å²) in [7, 11) is 0. The van der Waals surface area contributed by atoms with E-state index >= 15 is 0 Å². The number of rotatable bonds is 4. The molecule has 1 fully saturated rings. The van der Waals surface area contributed by atoms with Crippen LogP contribution in [0, 0.1) is 18.7 Å². The predicted octanol–water partition coefficient (Wildman–Crippen LogP) is 2.60. The van der Waals surface area contributed by atoms with E-state index in [0.717, 1.165) is 32.4 Å². The lowest BCUT2D eigenvalue weighted by atomic mass is 9.78. The maximum Gasteiger partial charge on any atom is 0.126 e. The molecule has 1 aliphatic rings. The van der Waals surface area contributed by atoms with Crippen LogP contribution in [0.2, 0.25) is 0 Å². The number of piperidine rings is 1. The molecule has 100 valence electrons. The van der Waals surface area contributed by atoms with Crippen LogP contribution in [0.5, 0.6) is 0 Å². The zero-order valence-electron chi connectivity index (χ0n) is 11.0. The van der Waals surface area contributed by atoms with Gasteiger partial charge in [-0.25, -0.2) is 4.39 Å². The molecule has 1 saturated heterocycles. The molecule has 1 aliphatic heterocycles. The van der Waals surface area contributed by atoms with Crippen LogP contribution in [0.25, 0.3) is 0 Å². The molecule has 1 aromatic carbocycles. The second-order valence-corrected chi connectivity index (χ2v) is 5.21. The van der Waals surface area contributed by atoms with Gasteiger partial charge in [0.05, 0.1) is 0 Å². The fourth-order valence-electron chi connectivity index (χ4n) is 2.96. The van der Waals surface area contributed by atoms with Crippen LogP contribution in [0.4, 0.5) is 4.39 Å². The number of aliphatic hydroxyl groups is 1. The Labute approximate surface area is 108 Å². The predicted molar refractivity (Wildman–Crippen MR) is 71.2 cm³/mol. The highest BCUT2D eigenvalue weighted by Gasteiger charge is 2.24. The van der Waals surface area contributed by atoms with E-state index in [0.29, 0.717) is 17.4 Å². The van der Waals surface area contributed by atoms with Crippen molar-refractivity contribution >= 4 is 0 Å². The average Bonchev–Trinajstić information content (AvgIpc) is 2.40. The molecule has 2 N–H and O–H groups in total. The Kier molecular flexibility index (Phi) is 4.72. The standard InChI is InChI=1S/C15H22FNO/c1-11-10-13(2-3-15(11)16)14(6-9-18)12-4-7-17-8-5-12/h2-3,10,12,14,17-18H,4-9H2,1H3. The van der Waals surface area contributed by atoms with Crippen molar-refractivity contribution < 1.29 is 9.50 Å². The fourth-order valence-corrected chi connectivity index (χ4v) is 2.96. The lowest BCUT2D eigenvalue weighted by Crippen LogP contribution is -2.31. The van der Waals surface area contributed by atoms with Gasteiger partial charge in [-0.3, -0.25) is 0 Å². The molecule has 1 aromatic rings. The smallest absolute Gasteiger partial charge is 0.126 e. The van der Waals surface area contributed by atoms with Gasteiger partial charge in [-0.05, 0) is 68.3 Å². The topological polar surface area (TPSA) is 32.3 Å². The molecule has 2 rings (SSSR count). The van der Waals surface area contributed by atoms with E-state index < -0.39 is 0 Å². The first-order valence-electron chi connectivity index (χ1n) is 6.80. The molecule has 0 aromatic heterocycles. The highest BCUT2D eigenvalue weighted by atomic mass is 19.1. The van der Waals surface area contributed by atoms with Crippen molar-refractivity contribution in [2.45, 2.75) is 32.1 Å². The average molecular weight is 251 g/mol. The van der Waals surface area contributed by atoms with Crippen molar-refractivity contribution in [3.63, 3.8) is 0 Å². The van der Waals surface area contributed by atoms with Crippen LogP contribution in [0.15, 0.2) is 18.2 Å². The maximum absolute atomic E-state index is 13.3. The van der Waals surface area contributed by atoms with Gasteiger partial charge < -0.3 is 10.4 Å². The molecule has 0 radical (unpaired) electrons. The van der Waals surface area contributed by atoms with E-state index in [1.165, 1.54) is 5.56 Å². The molecular weight excluding hydrogens is 229 g/mol. The van der Waals surface area contributed by atoms with Crippen molar-refractivity contribution in [2.75, 3.05) is 19.7 Å². The highest BCUT2D eigenvalue weighted by molar-refractivity contribution is 5.27. The molecule has 1 atom stereocenters. The zero-order valence-corrected chi connectivity index (χ0v) is 11.0. The van der Waals surface area contributed by atoms with Crippen molar-refractivity contribution in [1.29, 1.82) is 0 Å². The first kappa shape index (κ1) is 13.5. The van der Waals surface area contributed by atoms with Gasteiger partial charge in [0.2, 0.25) is 0 Å². The summed E-state index contributed by atoms with van der Waals surface area (Å²) >= 11 is 0. The van der Waals surface area contributed by atoms with Crippen molar-refractivity contribution in [3.8, 4) is 0 Å². The Bertz CT molecular complexity index is 388. The lowest BCUT2D eigenvalue weighted by Gasteiger charge is -2.31. The van der Waals surface area contributed by atoms with E-state index in [1.54, 1.807) is 13.0 Å². The summed E-state index contributed by atoms with van der Waals surface area (Å²) in [5, 5.41) is 12.6. The molecule has 2 nitrogen and oxygen atoms in total. The number of hydrogen-bond donors (Lipinski definition) is 2. The van der Waals surface area contributed by atoms with Crippen molar-refractivity contribution in [2.24, 2.45) is 5.92 Å². The number of benzene rings is 1. The number of nitrogens with one attached hydrogen (secondary N) is 1. The van der Waals surface area contributed by atoms with E-state index in [1.807, 2.05) is 12.1 Å². The Morgan fingerprint density at radius 1 is 1.39 bits per heavy atom. The molecule has 0 spiro atoms. The third-order valence-electron chi connectivity index (χ3n) is 4.00. The Balaban J connectivity index is 2.19. The molecule has 1 unspecified atom stereocenters. The summed E-state index contributed by atoms with van der Waals surface area (Å²) in [6.07, 6.45) is 3.05. The summed E-state index contributed by atoms with van der Waals surface area (Å²) in [5.74, 6) is 0.812. The molecule has 18 heavy (non-hydrogen) atoms. The number of halogens is 1. The van der Waals surface area contributed by atoms with Crippen LogP contribution < -0.4 is 5.32 Å². The maximum atomic E-state index is 13.3. The van der Waals surface area contributed by atoms with Crippen LogP contribution >= 0.6 is 0 Å². The number of hydrogen-bond acceptors (Lipinski definition) is 2. The van der Waals surface area contributed by atoms with Gasteiger partial charge in [-0.1, -0.05) is 12.1 Å². The van der Waals surface area contributed by atoms with Gasteiger partial charge in [0, 0.05) is 6.61 Å². The molecule has 0 aliphatic carbocycles. The van der Waals surface area contributed by atoms with Crippen molar-refractivity contribution in [3.05, 3.63) is 35.1 Å². The third-order valence-corrected chi connectivity index (χ3v) is 4.00. The van der Waals surface area contributed by atoms with Gasteiger partial charge in [-0.2, -0.15) is 0 Å². The first-order valence-corrected chi connectivity index (χ1v) is 6.80. The Hall–Kier alpha value is -0.930. The minimum atomic E-state index is -0.146.